The first-order valence-corrected chi connectivity index (χ1v) is 8.11. The molecule has 0 aromatic rings. The maximum absolute atomic E-state index is 6.12. The second kappa shape index (κ2) is 2.91. The maximum Gasteiger partial charge on any atom is 0.0380 e. The predicted molar refractivity (Wildman–Crippen MR) is 75.7 cm³/mol. The molecule has 98 valence electrons. The van der Waals surface area contributed by atoms with E-state index in [1.54, 1.807) is 0 Å². The molecule has 7 aliphatic rings. The van der Waals surface area contributed by atoms with Gasteiger partial charge in [0.1, 0.15) is 0 Å². The van der Waals surface area contributed by atoms with Crippen molar-refractivity contribution in [3.05, 3.63) is 0 Å². The van der Waals surface area contributed by atoms with Crippen LogP contribution in [0.2, 0.25) is 0 Å². The van der Waals surface area contributed by atoms with Crippen molar-refractivity contribution in [1.82, 2.24) is 0 Å². The van der Waals surface area contributed by atoms with E-state index in [0.29, 0.717) is 5.92 Å². The normalized spacial score (nSPS) is 67.0. The summed E-state index contributed by atoms with van der Waals surface area (Å²) in [5.41, 5.74) is 0.449. The molecule has 9 unspecified atom stereocenters. The topological polar surface area (TPSA) is 0 Å². The van der Waals surface area contributed by atoms with E-state index in [-0.39, 0.29) is 10.8 Å². The van der Waals surface area contributed by atoms with Crippen LogP contribution >= 0.6 is 0 Å². The quantitative estimate of drug-likeness (QED) is 0.576. The number of hydrogen-bond acceptors (Lipinski definition) is 0. The molecule has 0 saturated heterocycles. The molecule has 19 heavy (non-hydrogen) atoms. The zero-order chi connectivity index (χ0) is 13.0. The Kier molecular flexibility index (Phi) is 1.66. The van der Waals surface area contributed by atoms with Gasteiger partial charge in [0.25, 0.3) is 0 Å². The van der Waals surface area contributed by atoms with Crippen LogP contribution in [0.25, 0.3) is 0 Å². The minimum Gasteiger partial charge on any atom is -0.120 e. The summed E-state index contributed by atoms with van der Waals surface area (Å²) in [5, 5.41) is 0. The maximum atomic E-state index is 6.12. The number of rotatable bonds is 0. The van der Waals surface area contributed by atoms with Crippen molar-refractivity contribution in [3.63, 3.8) is 0 Å². The van der Waals surface area contributed by atoms with Crippen molar-refractivity contribution in [2.45, 2.75) is 39.0 Å². The summed E-state index contributed by atoms with van der Waals surface area (Å²) in [4.78, 5) is 0. The van der Waals surface area contributed by atoms with E-state index < -0.39 is 0 Å². The van der Waals surface area contributed by atoms with Crippen LogP contribution in [-0.2, 0) is 0 Å². The Balaban J connectivity index is 1.76. The van der Waals surface area contributed by atoms with Gasteiger partial charge in [-0.05, 0) is 73.5 Å². The Labute approximate surface area is 116 Å². The van der Waals surface area contributed by atoms with Gasteiger partial charge in [0, 0.05) is 10.8 Å². The van der Waals surface area contributed by atoms with E-state index >= 15 is 0 Å². The lowest BCUT2D eigenvalue weighted by molar-refractivity contribution is -0.270. The lowest BCUT2D eigenvalue weighted by Crippen LogP contribution is -2.72. The third-order valence-electron chi connectivity index (χ3n) is 8.32. The Morgan fingerprint density at radius 2 is 1.74 bits per heavy atom. The highest BCUT2D eigenvalue weighted by atomic mass is 14.8. The van der Waals surface area contributed by atoms with E-state index in [1.807, 2.05) is 0 Å². The monoisotopic (exact) mass is 250 g/mol. The molecule has 0 heterocycles. The van der Waals surface area contributed by atoms with Crippen molar-refractivity contribution in [1.29, 1.82) is 0 Å². The predicted octanol–water partition coefficient (Wildman–Crippen LogP) is 3.58. The van der Waals surface area contributed by atoms with Gasteiger partial charge >= 0.3 is 0 Å². The fourth-order valence-electron chi connectivity index (χ4n) is 7.93. The van der Waals surface area contributed by atoms with Crippen LogP contribution in [-0.4, -0.2) is 0 Å². The molecule has 0 aromatic carbocycles. The molecule has 7 fully saturated rings. The molecule has 0 nitrogen and oxygen atoms in total. The summed E-state index contributed by atoms with van der Waals surface area (Å²) < 4.78 is 0. The Morgan fingerprint density at radius 3 is 2.47 bits per heavy atom. The van der Waals surface area contributed by atoms with Crippen LogP contribution in [0.1, 0.15) is 39.0 Å². The first-order valence-electron chi connectivity index (χ1n) is 8.11. The second-order valence-electron chi connectivity index (χ2n) is 8.35. The lowest BCUT2D eigenvalue weighted by Gasteiger charge is -2.76. The van der Waals surface area contributed by atoms with Crippen LogP contribution in [0.5, 0.6) is 0 Å². The molecule has 0 radical (unpaired) electrons. The largest absolute Gasteiger partial charge is 0.120 e. The smallest absolute Gasteiger partial charge is 0.0380 e. The van der Waals surface area contributed by atoms with Crippen molar-refractivity contribution >= 4 is 0 Å². The van der Waals surface area contributed by atoms with Crippen LogP contribution in [0.4, 0.5) is 0 Å². The molecule has 0 spiro atoms. The number of terminal acetylenes is 2. The molecule has 0 aromatic heterocycles. The summed E-state index contributed by atoms with van der Waals surface area (Å²) in [6.07, 6.45) is 19.0. The minimum absolute atomic E-state index is 0.206. The first-order chi connectivity index (χ1) is 9.15. The van der Waals surface area contributed by atoms with Gasteiger partial charge in [0.15, 0.2) is 0 Å². The molecule has 7 saturated carbocycles. The van der Waals surface area contributed by atoms with Gasteiger partial charge in [0.2, 0.25) is 0 Å². The highest BCUT2D eigenvalue weighted by Crippen LogP contribution is 2.79. The molecular weight excluding hydrogens is 228 g/mol. The summed E-state index contributed by atoms with van der Waals surface area (Å²) in [7, 11) is 0. The third-order valence-corrected chi connectivity index (χ3v) is 8.32. The van der Waals surface area contributed by atoms with E-state index in [9.17, 15) is 0 Å². The second-order valence-corrected chi connectivity index (χ2v) is 8.35. The standard InChI is InChI=1S/C19H22/c1-4-18-9-15-13-6-12-7-14(15)17(11(18)3)19(5-2,8-12)16(13)10-18/h1-2,11-17H,6-10H2,3H3. The van der Waals surface area contributed by atoms with E-state index in [0.717, 1.165) is 35.5 Å². The summed E-state index contributed by atoms with van der Waals surface area (Å²) in [6, 6.07) is 0. The Morgan fingerprint density at radius 1 is 0.947 bits per heavy atom. The molecule has 0 N–H and O–H groups in total. The van der Waals surface area contributed by atoms with E-state index in [2.05, 4.69) is 18.8 Å². The van der Waals surface area contributed by atoms with Crippen LogP contribution in [0.3, 0.4) is 0 Å². The van der Waals surface area contributed by atoms with Crippen molar-refractivity contribution in [2.75, 3.05) is 0 Å². The Bertz CT molecular complexity index is 545. The van der Waals surface area contributed by atoms with Gasteiger partial charge in [-0.1, -0.05) is 18.8 Å². The van der Waals surface area contributed by atoms with Crippen molar-refractivity contribution < 1.29 is 0 Å². The zero-order valence-corrected chi connectivity index (χ0v) is 11.7. The van der Waals surface area contributed by atoms with Gasteiger partial charge in [0.05, 0.1) is 0 Å². The lowest BCUT2D eigenvalue weighted by atomic mass is 9.26. The van der Waals surface area contributed by atoms with Crippen molar-refractivity contribution in [3.8, 4) is 24.7 Å². The van der Waals surface area contributed by atoms with E-state index in [1.165, 1.54) is 32.1 Å². The average molecular weight is 250 g/mol. The molecule has 9 atom stereocenters. The third kappa shape index (κ3) is 0.895. The van der Waals surface area contributed by atoms with Crippen LogP contribution in [0, 0.1) is 76.9 Å². The van der Waals surface area contributed by atoms with Crippen LogP contribution < -0.4 is 0 Å². The number of hydrogen-bond donors (Lipinski definition) is 0. The SMILES string of the molecule is C#CC12CC3C4CC5CC3C(C1C)C(C#C)(C5)C4C2. The zero-order valence-electron chi connectivity index (χ0n) is 11.7. The van der Waals surface area contributed by atoms with Gasteiger partial charge in [-0.25, -0.2) is 0 Å². The highest BCUT2D eigenvalue weighted by Gasteiger charge is 2.74. The molecule has 0 amide bonds. The van der Waals surface area contributed by atoms with Crippen LogP contribution in [0.15, 0.2) is 0 Å². The highest BCUT2D eigenvalue weighted by molar-refractivity contribution is 5.33. The molecule has 7 aliphatic carbocycles. The van der Waals surface area contributed by atoms with Crippen molar-refractivity contribution in [2.24, 2.45) is 52.3 Å². The van der Waals surface area contributed by atoms with Gasteiger partial charge in [-0.2, -0.15) is 0 Å². The molecular formula is C19H22. The average Bonchev–Trinajstić information content (AvgIpc) is 2.44. The minimum atomic E-state index is 0.206. The first kappa shape index (κ1) is 10.9. The fourth-order valence-corrected chi connectivity index (χ4v) is 7.93. The fraction of sp³-hybridized carbons (Fsp3) is 0.789. The Hall–Kier alpha value is -0.880. The molecule has 0 aliphatic heterocycles. The van der Waals surface area contributed by atoms with Gasteiger partial charge in [-0.3, -0.25) is 0 Å². The summed E-state index contributed by atoms with van der Waals surface area (Å²) >= 11 is 0. The molecule has 0 heteroatoms. The molecule has 8 bridgehead atoms. The van der Waals surface area contributed by atoms with Gasteiger partial charge in [-0.15, -0.1) is 12.8 Å². The summed E-state index contributed by atoms with van der Waals surface area (Å²) in [6.45, 7) is 2.43. The van der Waals surface area contributed by atoms with E-state index in [4.69, 9.17) is 12.8 Å². The summed E-state index contributed by atoms with van der Waals surface area (Å²) in [5.74, 6) is 12.5. The van der Waals surface area contributed by atoms with Gasteiger partial charge < -0.3 is 0 Å². The molecule has 7 rings (SSSR count).